The third kappa shape index (κ3) is 4.65. The molecule has 2 aromatic carbocycles. The number of hydrogen-bond donors (Lipinski definition) is 2. The monoisotopic (exact) mass is 408 g/mol. The van der Waals surface area contributed by atoms with E-state index < -0.39 is 0 Å². The van der Waals surface area contributed by atoms with Crippen molar-refractivity contribution in [2.75, 3.05) is 5.32 Å². The molecule has 0 saturated heterocycles. The zero-order valence-electron chi connectivity index (χ0n) is 14.7. The number of carbonyl (C=O) groups excluding carboxylic acids is 1. The van der Waals surface area contributed by atoms with Crippen molar-refractivity contribution in [2.45, 2.75) is 17.3 Å². The third-order valence-electron chi connectivity index (χ3n) is 3.87. The molecule has 0 aliphatic heterocycles. The number of para-hydroxylation sites is 1. The fourth-order valence-corrected chi connectivity index (χ4v) is 4.35. The van der Waals surface area contributed by atoms with Crippen molar-refractivity contribution < 1.29 is 4.79 Å². The number of rotatable bonds is 6. The molecule has 0 atom stereocenters. The smallest absolute Gasteiger partial charge is 0.251 e. The van der Waals surface area contributed by atoms with Crippen LogP contribution in [0.15, 0.2) is 70.6 Å². The first-order valence-corrected chi connectivity index (χ1v) is 10.4. The molecule has 0 radical (unpaired) electrons. The van der Waals surface area contributed by atoms with E-state index in [-0.39, 0.29) is 17.9 Å². The Kier molecular flexibility index (Phi) is 5.50. The molecule has 2 N–H and O–H groups in total. The Morgan fingerprint density at radius 3 is 2.68 bits per heavy atom. The zero-order valence-corrected chi connectivity index (χ0v) is 16.3. The molecule has 2 aromatic heterocycles. The summed E-state index contributed by atoms with van der Waals surface area (Å²) in [6.45, 7) is 0. The van der Waals surface area contributed by atoms with Crippen LogP contribution in [0.1, 0.15) is 11.3 Å². The van der Waals surface area contributed by atoms with Gasteiger partial charge in [0.2, 0.25) is 5.91 Å². The minimum Gasteiger partial charge on any atom is -0.302 e. The Labute approximate surface area is 169 Å². The van der Waals surface area contributed by atoms with E-state index in [1.54, 1.807) is 0 Å². The Bertz CT molecular complexity index is 1140. The van der Waals surface area contributed by atoms with Crippen LogP contribution in [0.3, 0.4) is 0 Å². The number of thioether (sulfide) groups is 1. The lowest BCUT2D eigenvalue weighted by atomic mass is 10.2. The van der Waals surface area contributed by atoms with Crippen LogP contribution in [0, 0.1) is 0 Å². The molecule has 0 aliphatic carbocycles. The molecule has 0 saturated carbocycles. The SMILES string of the molecule is O=C(Cc1cc(=O)[nH]c(SCc2ccccc2)n1)Nc1nc2ccccc2s1. The number of thiazole rings is 1. The molecule has 0 unspecified atom stereocenters. The predicted molar refractivity (Wildman–Crippen MR) is 113 cm³/mol. The quantitative estimate of drug-likeness (QED) is 0.374. The van der Waals surface area contributed by atoms with Crippen molar-refractivity contribution in [1.82, 2.24) is 15.0 Å². The summed E-state index contributed by atoms with van der Waals surface area (Å²) >= 11 is 2.84. The maximum atomic E-state index is 12.4. The molecule has 2 heterocycles. The lowest BCUT2D eigenvalue weighted by molar-refractivity contribution is -0.115. The van der Waals surface area contributed by atoms with E-state index in [0.29, 0.717) is 21.7 Å². The molecule has 6 nitrogen and oxygen atoms in total. The van der Waals surface area contributed by atoms with E-state index in [0.717, 1.165) is 15.8 Å². The summed E-state index contributed by atoms with van der Waals surface area (Å²) in [4.78, 5) is 35.8. The van der Waals surface area contributed by atoms with Gasteiger partial charge in [-0.05, 0) is 17.7 Å². The Morgan fingerprint density at radius 1 is 1.07 bits per heavy atom. The summed E-state index contributed by atoms with van der Waals surface area (Å²) in [5, 5.41) is 3.82. The summed E-state index contributed by atoms with van der Waals surface area (Å²) < 4.78 is 1.01. The molecular weight excluding hydrogens is 392 g/mol. The molecule has 0 spiro atoms. The number of aromatic amines is 1. The maximum absolute atomic E-state index is 12.4. The van der Waals surface area contributed by atoms with E-state index in [4.69, 9.17) is 0 Å². The summed E-state index contributed by atoms with van der Waals surface area (Å²) in [5.41, 5.74) is 2.14. The second-order valence-corrected chi connectivity index (χ2v) is 8.02. The van der Waals surface area contributed by atoms with E-state index >= 15 is 0 Å². The largest absolute Gasteiger partial charge is 0.302 e. The molecule has 4 aromatic rings. The fraction of sp³-hybridized carbons (Fsp3) is 0.100. The Morgan fingerprint density at radius 2 is 1.86 bits per heavy atom. The first-order chi connectivity index (χ1) is 13.7. The van der Waals surface area contributed by atoms with Crippen LogP contribution in [0.4, 0.5) is 5.13 Å². The van der Waals surface area contributed by atoms with Crippen molar-refractivity contribution in [1.29, 1.82) is 0 Å². The van der Waals surface area contributed by atoms with E-state index in [1.807, 2.05) is 54.6 Å². The van der Waals surface area contributed by atoms with Crippen molar-refractivity contribution in [3.05, 3.63) is 82.3 Å². The van der Waals surface area contributed by atoms with Crippen LogP contribution in [-0.4, -0.2) is 20.9 Å². The Hall–Kier alpha value is -2.97. The van der Waals surface area contributed by atoms with E-state index in [2.05, 4.69) is 20.3 Å². The maximum Gasteiger partial charge on any atom is 0.251 e. The third-order valence-corrected chi connectivity index (χ3v) is 5.77. The van der Waals surface area contributed by atoms with Gasteiger partial charge >= 0.3 is 0 Å². The first-order valence-electron chi connectivity index (χ1n) is 8.58. The predicted octanol–water partition coefficient (Wildman–Crippen LogP) is 3.85. The number of carbonyl (C=O) groups is 1. The van der Waals surface area contributed by atoms with Crippen molar-refractivity contribution in [2.24, 2.45) is 0 Å². The highest BCUT2D eigenvalue weighted by molar-refractivity contribution is 7.98. The van der Waals surface area contributed by atoms with Crippen molar-refractivity contribution >= 4 is 44.4 Å². The van der Waals surface area contributed by atoms with Gasteiger partial charge in [0.25, 0.3) is 5.56 Å². The lowest BCUT2D eigenvalue weighted by Gasteiger charge is -2.05. The van der Waals surface area contributed by atoms with E-state index in [9.17, 15) is 9.59 Å². The molecule has 0 bridgehead atoms. The minimum atomic E-state index is -0.270. The normalized spacial score (nSPS) is 10.9. The highest BCUT2D eigenvalue weighted by Crippen LogP contribution is 2.25. The van der Waals surface area contributed by atoms with E-state index in [1.165, 1.54) is 29.2 Å². The number of hydrogen-bond acceptors (Lipinski definition) is 6. The van der Waals surface area contributed by atoms with Crippen LogP contribution >= 0.6 is 23.1 Å². The molecular formula is C20H16N4O2S2. The molecule has 1 amide bonds. The van der Waals surface area contributed by atoms with Gasteiger partial charge in [0.1, 0.15) is 0 Å². The van der Waals surface area contributed by atoms with Gasteiger partial charge in [-0.25, -0.2) is 9.97 Å². The molecule has 0 fully saturated rings. The standard InChI is InChI=1S/C20H16N4O2S2/c25-17-10-14(21-19(23-17)27-12-13-6-2-1-3-7-13)11-18(26)24-20-22-15-8-4-5-9-16(15)28-20/h1-10H,11-12H2,(H,21,23,25)(H,22,24,26). The fourth-order valence-electron chi connectivity index (χ4n) is 2.62. The topological polar surface area (TPSA) is 87.7 Å². The van der Waals surface area contributed by atoms with Gasteiger partial charge in [-0.2, -0.15) is 0 Å². The van der Waals surface area contributed by atoms with Crippen LogP contribution in [0.5, 0.6) is 0 Å². The first kappa shape index (κ1) is 18.4. The van der Waals surface area contributed by atoms with Gasteiger partial charge in [0, 0.05) is 11.8 Å². The number of benzene rings is 2. The second-order valence-electron chi connectivity index (χ2n) is 6.03. The highest BCUT2D eigenvalue weighted by Gasteiger charge is 2.11. The second kappa shape index (κ2) is 8.37. The lowest BCUT2D eigenvalue weighted by Crippen LogP contribution is -2.18. The summed E-state index contributed by atoms with van der Waals surface area (Å²) in [6, 6.07) is 19.0. The van der Waals surface area contributed by atoms with Crippen LogP contribution in [0.2, 0.25) is 0 Å². The van der Waals surface area contributed by atoms with Gasteiger partial charge in [-0.3, -0.25) is 9.59 Å². The number of nitrogens with one attached hydrogen (secondary N) is 2. The number of H-pyrrole nitrogens is 1. The van der Waals surface area contributed by atoms with Crippen LogP contribution < -0.4 is 10.9 Å². The number of fused-ring (bicyclic) bond motifs is 1. The molecule has 0 aliphatic rings. The van der Waals surface area contributed by atoms with Crippen molar-refractivity contribution in [3.63, 3.8) is 0 Å². The van der Waals surface area contributed by atoms with Gasteiger partial charge in [0.05, 0.1) is 22.3 Å². The molecule has 140 valence electrons. The highest BCUT2D eigenvalue weighted by atomic mass is 32.2. The molecule has 28 heavy (non-hydrogen) atoms. The van der Waals surface area contributed by atoms with Gasteiger partial charge in [0.15, 0.2) is 10.3 Å². The number of amides is 1. The zero-order chi connectivity index (χ0) is 19.3. The molecule has 4 rings (SSSR count). The summed E-state index contributed by atoms with van der Waals surface area (Å²) in [6.07, 6.45) is 0.0126. The molecule has 8 heteroatoms. The number of aromatic nitrogens is 3. The Balaban J connectivity index is 1.42. The van der Waals surface area contributed by atoms with Crippen molar-refractivity contribution in [3.8, 4) is 0 Å². The number of anilines is 1. The minimum absolute atomic E-state index is 0.0126. The summed E-state index contributed by atoms with van der Waals surface area (Å²) in [7, 11) is 0. The van der Waals surface area contributed by atoms with Gasteiger partial charge < -0.3 is 10.3 Å². The summed E-state index contributed by atoms with van der Waals surface area (Å²) in [5.74, 6) is 0.432. The average Bonchev–Trinajstić information content (AvgIpc) is 3.09. The van der Waals surface area contributed by atoms with Crippen LogP contribution in [0.25, 0.3) is 10.2 Å². The number of nitrogens with zero attached hydrogens (tertiary/aromatic N) is 2. The average molecular weight is 409 g/mol. The van der Waals surface area contributed by atoms with Gasteiger partial charge in [-0.1, -0.05) is 65.6 Å². The van der Waals surface area contributed by atoms with Crippen LogP contribution in [-0.2, 0) is 17.0 Å². The van der Waals surface area contributed by atoms with Gasteiger partial charge in [-0.15, -0.1) is 0 Å².